The van der Waals surface area contributed by atoms with Gasteiger partial charge in [-0.05, 0) is 70.1 Å². The van der Waals surface area contributed by atoms with Crippen LogP contribution >= 0.6 is 0 Å². The van der Waals surface area contributed by atoms with Crippen molar-refractivity contribution in [1.82, 2.24) is 24.6 Å². The lowest BCUT2D eigenvalue weighted by molar-refractivity contribution is 0.139. The van der Waals surface area contributed by atoms with Crippen LogP contribution in [0.4, 0.5) is 0 Å². The lowest BCUT2D eigenvalue weighted by Crippen LogP contribution is -2.25. The number of benzene rings is 1. The van der Waals surface area contributed by atoms with Crippen molar-refractivity contribution in [2.45, 2.75) is 44.2 Å². The molecule has 1 fully saturated rings. The van der Waals surface area contributed by atoms with Crippen LogP contribution in [0.15, 0.2) is 48.7 Å². The molecule has 0 spiro atoms. The van der Waals surface area contributed by atoms with Gasteiger partial charge in [-0.25, -0.2) is 4.98 Å². The summed E-state index contributed by atoms with van der Waals surface area (Å²) in [6.45, 7) is 0.700. The average molecular weight is 403 g/mol. The van der Waals surface area contributed by atoms with E-state index in [0.717, 1.165) is 43.0 Å². The Bertz CT molecular complexity index is 998. The third kappa shape index (κ3) is 4.50. The summed E-state index contributed by atoms with van der Waals surface area (Å²) in [4.78, 5) is 6.36. The van der Waals surface area contributed by atoms with Gasteiger partial charge in [0.15, 0.2) is 5.82 Å². The summed E-state index contributed by atoms with van der Waals surface area (Å²) in [6, 6.07) is 15.6. The quantitative estimate of drug-likeness (QED) is 0.625. The molecule has 0 aliphatic heterocycles. The van der Waals surface area contributed by atoms with E-state index in [2.05, 4.69) is 30.7 Å². The molecule has 4 rings (SSSR count). The van der Waals surface area contributed by atoms with Crippen LogP contribution in [0.1, 0.15) is 48.8 Å². The molecule has 1 aliphatic rings. The third-order valence-corrected chi connectivity index (χ3v) is 5.43. The molecule has 0 radical (unpaired) electrons. The van der Waals surface area contributed by atoms with E-state index in [1.54, 1.807) is 6.20 Å². The zero-order valence-corrected chi connectivity index (χ0v) is 17.4. The fourth-order valence-electron chi connectivity index (χ4n) is 3.97. The molecule has 7 heteroatoms. The Labute approximate surface area is 177 Å². The molecule has 154 valence electrons. The van der Waals surface area contributed by atoms with Crippen molar-refractivity contribution in [2.75, 3.05) is 14.1 Å². The van der Waals surface area contributed by atoms with E-state index in [9.17, 15) is 0 Å². The van der Waals surface area contributed by atoms with Gasteiger partial charge in [0, 0.05) is 23.9 Å². The highest BCUT2D eigenvalue weighted by molar-refractivity contribution is 5.41. The Kier molecular flexibility index (Phi) is 6.05. The van der Waals surface area contributed by atoms with Crippen molar-refractivity contribution in [1.29, 1.82) is 5.26 Å². The molecular weight excluding hydrogens is 376 g/mol. The van der Waals surface area contributed by atoms with Crippen LogP contribution < -0.4 is 4.74 Å². The number of aromatic nitrogens is 4. The number of nitriles is 1. The SMILES string of the molecule is CN(C)Cc1nnc(C2CCC(Oc3ccccn3)CC2)n1-c1ccc(C#N)cc1. The first kappa shape index (κ1) is 20.0. The van der Waals surface area contributed by atoms with Crippen LogP contribution in [0, 0.1) is 11.3 Å². The maximum Gasteiger partial charge on any atom is 0.213 e. The van der Waals surface area contributed by atoms with Crippen LogP contribution in [0.2, 0.25) is 0 Å². The monoisotopic (exact) mass is 402 g/mol. The first-order chi connectivity index (χ1) is 14.6. The van der Waals surface area contributed by atoms with Gasteiger partial charge in [0.05, 0.1) is 18.2 Å². The Morgan fingerprint density at radius 1 is 1.07 bits per heavy atom. The Morgan fingerprint density at radius 3 is 2.47 bits per heavy atom. The van der Waals surface area contributed by atoms with E-state index in [1.165, 1.54) is 0 Å². The number of hydrogen-bond donors (Lipinski definition) is 0. The van der Waals surface area contributed by atoms with Gasteiger partial charge < -0.3 is 9.64 Å². The van der Waals surface area contributed by atoms with E-state index in [0.29, 0.717) is 23.9 Å². The van der Waals surface area contributed by atoms with Gasteiger partial charge in [0.1, 0.15) is 11.9 Å². The van der Waals surface area contributed by atoms with Crippen LogP contribution in [-0.2, 0) is 6.54 Å². The van der Waals surface area contributed by atoms with Gasteiger partial charge in [-0.3, -0.25) is 4.57 Å². The maximum absolute atomic E-state index is 9.12. The zero-order chi connectivity index (χ0) is 20.9. The zero-order valence-electron chi connectivity index (χ0n) is 17.4. The molecule has 2 heterocycles. The predicted molar refractivity (Wildman–Crippen MR) is 113 cm³/mol. The Morgan fingerprint density at radius 2 is 1.83 bits per heavy atom. The lowest BCUT2D eigenvalue weighted by Gasteiger charge is -2.28. The standard InChI is InChI=1S/C23H26N6O/c1-28(2)16-21-26-27-23(29(21)19-10-6-17(15-24)7-11-19)18-8-12-20(13-9-18)30-22-5-3-4-14-25-22/h3-7,10-11,14,18,20H,8-9,12-13,16H2,1-2H3. The van der Waals surface area contributed by atoms with Gasteiger partial charge in [-0.15, -0.1) is 10.2 Å². The number of nitrogens with zero attached hydrogens (tertiary/aromatic N) is 6. The molecule has 7 nitrogen and oxygen atoms in total. The van der Waals surface area contributed by atoms with Gasteiger partial charge in [-0.2, -0.15) is 5.26 Å². The van der Waals surface area contributed by atoms with Gasteiger partial charge in [-0.1, -0.05) is 6.07 Å². The van der Waals surface area contributed by atoms with Crippen molar-refractivity contribution >= 4 is 0 Å². The molecule has 0 atom stereocenters. The highest BCUT2D eigenvalue weighted by Crippen LogP contribution is 2.35. The van der Waals surface area contributed by atoms with Crippen LogP contribution in [0.25, 0.3) is 5.69 Å². The summed E-state index contributed by atoms with van der Waals surface area (Å²) in [6.07, 6.45) is 5.85. The topological polar surface area (TPSA) is 79.9 Å². The second kappa shape index (κ2) is 9.06. The first-order valence-electron chi connectivity index (χ1n) is 10.3. The molecule has 3 aromatic rings. The highest BCUT2D eigenvalue weighted by atomic mass is 16.5. The van der Waals surface area contributed by atoms with Crippen molar-refractivity contribution < 1.29 is 4.74 Å². The maximum atomic E-state index is 9.12. The normalized spacial score (nSPS) is 18.9. The van der Waals surface area contributed by atoms with Crippen molar-refractivity contribution in [3.05, 3.63) is 65.9 Å². The summed E-state index contributed by atoms with van der Waals surface area (Å²) in [5.74, 6) is 2.92. The third-order valence-electron chi connectivity index (χ3n) is 5.43. The number of hydrogen-bond acceptors (Lipinski definition) is 6. The molecule has 1 aromatic carbocycles. The molecule has 0 saturated heterocycles. The lowest BCUT2D eigenvalue weighted by atomic mass is 9.86. The van der Waals surface area contributed by atoms with Gasteiger partial charge in [0.25, 0.3) is 0 Å². The van der Waals surface area contributed by atoms with Crippen LogP contribution in [0.5, 0.6) is 5.88 Å². The minimum Gasteiger partial charge on any atom is -0.474 e. The smallest absolute Gasteiger partial charge is 0.213 e. The van der Waals surface area contributed by atoms with Gasteiger partial charge >= 0.3 is 0 Å². The fraction of sp³-hybridized carbons (Fsp3) is 0.391. The average Bonchev–Trinajstić information content (AvgIpc) is 3.18. The summed E-state index contributed by atoms with van der Waals surface area (Å²) in [5.41, 5.74) is 1.65. The summed E-state index contributed by atoms with van der Waals surface area (Å²) >= 11 is 0. The van der Waals surface area contributed by atoms with E-state index in [1.807, 2.05) is 56.6 Å². The second-order valence-electron chi connectivity index (χ2n) is 7.97. The van der Waals surface area contributed by atoms with Crippen LogP contribution in [-0.4, -0.2) is 44.8 Å². The largest absolute Gasteiger partial charge is 0.474 e. The van der Waals surface area contributed by atoms with Crippen molar-refractivity contribution in [3.63, 3.8) is 0 Å². The molecule has 0 amide bonds. The predicted octanol–water partition coefficient (Wildman–Crippen LogP) is 3.70. The Hall–Kier alpha value is -3.24. The molecule has 30 heavy (non-hydrogen) atoms. The van der Waals surface area contributed by atoms with E-state index in [-0.39, 0.29) is 6.10 Å². The van der Waals surface area contributed by atoms with E-state index >= 15 is 0 Å². The molecule has 0 N–H and O–H groups in total. The summed E-state index contributed by atoms with van der Waals surface area (Å²) in [7, 11) is 4.05. The highest BCUT2D eigenvalue weighted by Gasteiger charge is 2.29. The molecule has 1 aliphatic carbocycles. The molecule has 0 bridgehead atoms. The van der Waals surface area contributed by atoms with E-state index in [4.69, 9.17) is 10.00 Å². The minimum absolute atomic E-state index is 0.184. The van der Waals surface area contributed by atoms with Crippen molar-refractivity contribution in [3.8, 4) is 17.6 Å². The summed E-state index contributed by atoms with van der Waals surface area (Å²) in [5, 5.41) is 18.2. The molecule has 1 saturated carbocycles. The number of ether oxygens (including phenoxy) is 1. The number of pyridine rings is 1. The molecule has 2 aromatic heterocycles. The van der Waals surface area contributed by atoms with Gasteiger partial charge in [0.2, 0.25) is 5.88 Å². The second-order valence-corrected chi connectivity index (χ2v) is 7.97. The van der Waals surface area contributed by atoms with Crippen molar-refractivity contribution in [2.24, 2.45) is 0 Å². The first-order valence-corrected chi connectivity index (χ1v) is 10.3. The molecule has 0 unspecified atom stereocenters. The number of rotatable bonds is 6. The summed E-state index contributed by atoms with van der Waals surface area (Å²) < 4.78 is 8.20. The molecular formula is C23H26N6O. The van der Waals surface area contributed by atoms with Crippen LogP contribution in [0.3, 0.4) is 0 Å². The fourth-order valence-corrected chi connectivity index (χ4v) is 3.97. The minimum atomic E-state index is 0.184. The Balaban J connectivity index is 1.54. The van der Waals surface area contributed by atoms with E-state index < -0.39 is 0 Å².